The summed E-state index contributed by atoms with van der Waals surface area (Å²) in [4.78, 5) is 14.9. The van der Waals surface area contributed by atoms with Gasteiger partial charge >= 0.3 is 0 Å². The summed E-state index contributed by atoms with van der Waals surface area (Å²) in [7, 11) is 1.86. The molecule has 1 N–H and O–H groups in total. The maximum atomic E-state index is 12.0. The summed E-state index contributed by atoms with van der Waals surface area (Å²) < 4.78 is 0.779. The van der Waals surface area contributed by atoms with Crippen molar-refractivity contribution in [1.82, 2.24) is 10.2 Å². The number of amides is 1. The van der Waals surface area contributed by atoms with Gasteiger partial charge in [-0.25, -0.2) is 0 Å². The van der Waals surface area contributed by atoms with E-state index in [9.17, 15) is 4.79 Å². The van der Waals surface area contributed by atoms with Crippen molar-refractivity contribution in [3.63, 3.8) is 0 Å². The molecule has 1 aromatic rings. The minimum Gasteiger partial charge on any atom is -0.341 e. The quantitative estimate of drug-likeness (QED) is 0.903. The van der Waals surface area contributed by atoms with Crippen molar-refractivity contribution in [2.45, 2.75) is 38.3 Å². The molecule has 5 heteroatoms. The minimum absolute atomic E-state index is 0.216. The molecule has 1 atom stereocenters. The Labute approximate surface area is 117 Å². The fraction of sp³-hybridized carbons (Fsp3) is 0.615. The lowest BCUT2D eigenvalue weighted by molar-refractivity contribution is -0.130. The summed E-state index contributed by atoms with van der Waals surface area (Å²) in [6, 6.07) is 4.40. The van der Waals surface area contributed by atoms with Crippen LogP contribution in [0, 0.1) is 0 Å². The lowest BCUT2D eigenvalue weighted by atomic mass is 10.1. The summed E-state index contributed by atoms with van der Waals surface area (Å²) in [5.41, 5.74) is 0. The average Bonchev–Trinajstić information content (AvgIpc) is 2.97. The first-order chi connectivity index (χ1) is 8.65. The van der Waals surface area contributed by atoms with Gasteiger partial charge in [-0.05, 0) is 37.9 Å². The molecule has 1 aliphatic heterocycles. The second-order valence-electron chi connectivity index (χ2n) is 4.79. The van der Waals surface area contributed by atoms with E-state index in [4.69, 9.17) is 11.6 Å². The van der Waals surface area contributed by atoms with Crippen LogP contribution in [0.1, 0.15) is 30.6 Å². The number of nitrogens with zero attached hydrogens (tertiary/aromatic N) is 1. The zero-order chi connectivity index (χ0) is 13.0. The lowest BCUT2D eigenvalue weighted by Gasteiger charge is -2.17. The highest BCUT2D eigenvalue weighted by Crippen LogP contribution is 2.22. The van der Waals surface area contributed by atoms with Crippen molar-refractivity contribution >= 4 is 28.8 Å². The standard InChI is InChI=1S/C13H19ClN2OS/c1-16(9-11-5-6-12(14)18-11)13(17)7-4-10-3-2-8-15-10/h5-6,10,15H,2-4,7-9H2,1H3. The second kappa shape index (κ2) is 6.55. The molecule has 1 unspecified atom stereocenters. The number of halogens is 1. The predicted molar refractivity (Wildman–Crippen MR) is 76.1 cm³/mol. The first-order valence-corrected chi connectivity index (χ1v) is 7.56. The molecule has 100 valence electrons. The van der Waals surface area contributed by atoms with Crippen LogP contribution in [-0.2, 0) is 11.3 Å². The maximum Gasteiger partial charge on any atom is 0.222 e. The first-order valence-electron chi connectivity index (χ1n) is 6.36. The molecule has 2 rings (SSSR count). The molecule has 0 radical (unpaired) electrons. The van der Waals surface area contributed by atoms with Gasteiger partial charge in [0.2, 0.25) is 5.91 Å². The summed E-state index contributed by atoms with van der Waals surface area (Å²) in [6.45, 7) is 1.76. The number of nitrogens with one attached hydrogen (secondary N) is 1. The molecule has 2 heterocycles. The van der Waals surface area contributed by atoms with E-state index in [-0.39, 0.29) is 5.91 Å². The van der Waals surface area contributed by atoms with Crippen LogP contribution < -0.4 is 5.32 Å². The van der Waals surface area contributed by atoms with Crippen molar-refractivity contribution in [2.24, 2.45) is 0 Å². The fourth-order valence-electron chi connectivity index (χ4n) is 2.25. The van der Waals surface area contributed by atoms with E-state index in [0.717, 1.165) is 22.2 Å². The van der Waals surface area contributed by atoms with Gasteiger partial charge in [-0.1, -0.05) is 11.6 Å². The van der Waals surface area contributed by atoms with Gasteiger partial charge in [0.1, 0.15) is 0 Å². The van der Waals surface area contributed by atoms with E-state index in [1.54, 1.807) is 4.90 Å². The normalized spacial score (nSPS) is 19.1. The largest absolute Gasteiger partial charge is 0.341 e. The van der Waals surface area contributed by atoms with E-state index in [2.05, 4.69) is 5.32 Å². The van der Waals surface area contributed by atoms with Crippen LogP contribution >= 0.6 is 22.9 Å². The van der Waals surface area contributed by atoms with Gasteiger partial charge in [0.05, 0.1) is 10.9 Å². The number of hydrogen-bond donors (Lipinski definition) is 1. The average molecular weight is 287 g/mol. The van der Waals surface area contributed by atoms with Crippen molar-refractivity contribution < 1.29 is 4.79 Å². The monoisotopic (exact) mass is 286 g/mol. The Balaban J connectivity index is 1.74. The smallest absolute Gasteiger partial charge is 0.222 e. The van der Waals surface area contributed by atoms with E-state index in [0.29, 0.717) is 19.0 Å². The van der Waals surface area contributed by atoms with Gasteiger partial charge in [-0.15, -0.1) is 11.3 Å². The molecule has 1 aromatic heterocycles. The van der Waals surface area contributed by atoms with Crippen LogP contribution in [0.2, 0.25) is 4.34 Å². The van der Waals surface area contributed by atoms with Crippen molar-refractivity contribution in [3.8, 4) is 0 Å². The second-order valence-corrected chi connectivity index (χ2v) is 6.59. The molecular formula is C13H19ClN2OS. The van der Waals surface area contributed by atoms with Crippen LogP contribution in [0.3, 0.4) is 0 Å². The van der Waals surface area contributed by atoms with E-state index >= 15 is 0 Å². The van der Waals surface area contributed by atoms with Crippen molar-refractivity contribution in [1.29, 1.82) is 0 Å². The number of thiophene rings is 1. The molecular weight excluding hydrogens is 268 g/mol. The lowest BCUT2D eigenvalue weighted by Crippen LogP contribution is -2.28. The fourth-order valence-corrected chi connectivity index (χ4v) is 3.39. The van der Waals surface area contributed by atoms with Gasteiger partial charge in [0, 0.05) is 24.4 Å². The first kappa shape index (κ1) is 13.8. The molecule has 0 aliphatic carbocycles. The third kappa shape index (κ3) is 3.97. The summed E-state index contributed by atoms with van der Waals surface area (Å²) in [5, 5.41) is 3.42. The Hall–Kier alpha value is -0.580. The molecule has 1 fully saturated rings. The van der Waals surface area contributed by atoms with Gasteiger partial charge in [-0.2, -0.15) is 0 Å². The van der Waals surface area contributed by atoms with E-state index < -0.39 is 0 Å². The van der Waals surface area contributed by atoms with Crippen LogP contribution in [0.25, 0.3) is 0 Å². The van der Waals surface area contributed by atoms with Gasteiger partial charge in [-0.3, -0.25) is 4.79 Å². The molecule has 0 spiro atoms. The Kier molecular flexibility index (Phi) is 5.03. The highest BCUT2D eigenvalue weighted by atomic mass is 35.5. The number of carbonyl (C=O) groups is 1. The Morgan fingerprint density at radius 3 is 3.06 bits per heavy atom. The molecule has 1 aliphatic rings. The summed E-state index contributed by atoms with van der Waals surface area (Å²) in [6.07, 6.45) is 4.03. The van der Waals surface area contributed by atoms with E-state index in [1.165, 1.54) is 24.2 Å². The molecule has 18 heavy (non-hydrogen) atoms. The Morgan fingerprint density at radius 2 is 2.44 bits per heavy atom. The highest BCUT2D eigenvalue weighted by molar-refractivity contribution is 7.16. The van der Waals surface area contributed by atoms with Crippen molar-refractivity contribution in [3.05, 3.63) is 21.3 Å². The van der Waals surface area contributed by atoms with Crippen LogP contribution in [0.15, 0.2) is 12.1 Å². The Bertz CT molecular complexity index is 401. The zero-order valence-electron chi connectivity index (χ0n) is 10.6. The number of carbonyl (C=O) groups excluding carboxylic acids is 1. The molecule has 0 bridgehead atoms. The third-order valence-corrected chi connectivity index (χ3v) is 4.53. The molecule has 0 saturated carbocycles. The third-order valence-electron chi connectivity index (χ3n) is 3.32. The molecule has 0 aromatic carbocycles. The summed E-state index contributed by atoms with van der Waals surface area (Å²) >= 11 is 7.41. The minimum atomic E-state index is 0.216. The van der Waals surface area contributed by atoms with E-state index in [1.807, 2.05) is 19.2 Å². The molecule has 3 nitrogen and oxygen atoms in total. The van der Waals surface area contributed by atoms with Gasteiger partial charge in [0.25, 0.3) is 0 Å². The van der Waals surface area contributed by atoms with Crippen LogP contribution in [0.5, 0.6) is 0 Å². The van der Waals surface area contributed by atoms with Gasteiger partial charge in [0.15, 0.2) is 0 Å². The number of rotatable bonds is 5. The number of hydrogen-bond acceptors (Lipinski definition) is 3. The molecule has 1 saturated heterocycles. The van der Waals surface area contributed by atoms with Crippen LogP contribution in [0.4, 0.5) is 0 Å². The SMILES string of the molecule is CN(Cc1ccc(Cl)s1)C(=O)CCC1CCCN1. The Morgan fingerprint density at radius 1 is 1.61 bits per heavy atom. The molecule has 1 amide bonds. The highest BCUT2D eigenvalue weighted by Gasteiger charge is 2.17. The maximum absolute atomic E-state index is 12.0. The van der Waals surface area contributed by atoms with Crippen LogP contribution in [-0.4, -0.2) is 30.4 Å². The zero-order valence-corrected chi connectivity index (χ0v) is 12.2. The topological polar surface area (TPSA) is 32.3 Å². The summed E-state index contributed by atoms with van der Waals surface area (Å²) in [5.74, 6) is 0.216. The van der Waals surface area contributed by atoms with Gasteiger partial charge < -0.3 is 10.2 Å². The van der Waals surface area contributed by atoms with Crippen molar-refractivity contribution in [2.75, 3.05) is 13.6 Å². The predicted octanol–water partition coefficient (Wildman–Crippen LogP) is 2.89.